The van der Waals surface area contributed by atoms with Crippen molar-refractivity contribution in [3.05, 3.63) is 0 Å². The van der Waals surface area contributed by atoms with Gasteiger partial charge in [0.05, 0.1) is 0 Å². The van der Waals surface area contributed by atoms with E-state index in [1.54, 1.807) is 0 Å². The van der Waals surface area contributed by atoms with E-state index in [1.165, 1.54) is 0 Å². The average Bonchev–Trinajstić information content (AvgIpc) is 1.85. The average molecular weight is 161 g/mol. The summed E-state index contributed by atoms with van der Waals surface area (Å²) in [4.78, 5) is 0. The van der Waals surface area contributed by atoms with Gasteiger partial charge in [0.15, 0.2) is 11.9 Å². The Bertz CT molecular complexity index is 106. The number of nitrogens with one attached hydrogen (secondary N) is 3. The minimum absolute atomic E-state index is 0.312. The van der Waals surface area contributed by atoms with Crippen LogP contribution in [0.5, 0.6) is 0 Å². The summed E-state index contributed by atoms with van der Waals surface area (Å²) in [5.41, 5.74) is 19.3. The summed E-state index contributed by atoms with van der Waals surface area (Å²) in [5, 5.41) is 15.0. The van der Waals surface area contributed by atoms with Crippen LogP contribution in [-0.4, -0.2) is 25.0 Å². The fraction of sp³-hybridized carbons (Fsp3) is 0.500. The van der Waals surface area contributed by atoms with Gasteiger partial charge in [0.2, 0.25) is 0 Å². The molecule has 0 aliphatic rings. The molecule has 66 valence electrons. The summed E-state index contributed by atoms with van der Waals surface area (Å²) in [5.74, 6) is -0.625. The highest BCUT2D eigenvalue weighted by molar-refractivity contribution is 5.93. The van der Waals surface area contributed by atoms with Gasteiger partial charge in [-0.3, -0.25) is 16.1 Å². The van der Waals surface area contributed by atoms with E-state index in [4.69, 9.17) is 33.8 Å². The Morgan fingerprint density at radius 2 is 1.27 bits per heavy atom. The zero-order chi connectivity index (χ0) is 9.28. The van der Waals surface area contributed by atoms with Crippen LogP contribution in [0.4, 0.5) is 0 Å². The van der Waals surface area contributed by atoms with Crippen LogP contribution in [0, 0.1) is 10.8 Å². The Morgan fingerprint density at radius 3 is 1.27 bits per heavy atom. The molecule has 7 nitrogen and oxygen atoms in total. The third-order valence-corrected chi connectivity index (χ3v) is 0.436. The van der Waals surface area contributed by atoms with Gasteiger partial charge in [0.1, 0.15) is 0 Å². The van der Waals surface area contributed by atoms with Crippen LogP contribution in [0.15, 0.2) is 0 Å². The minimum Gasteiger partial charge on any atom is -0.370 e. The molecule has 0 saturated heterocycles. The Kier molecular flexibility index (Phi) is 9.72. The second kappa shape index (κ2) is 8.66. The molecule has 0 radical (unpaired) electrons. The summed E-state index contributed by atoms with van der Waals surface area (Å²) in [7, 11) is 0. The third kappa shape index (κ3) is 28.7. The SMILES string of the molecule is N=C(N)NC(=N)N.NCCN. The molecule has 0 amide bonds. The standard InChI is InChI=1S/C2H7N5.C2H8N2/c3-1(4)7-2(5)6;3-1-2-4/h(H7,3,4,5,6,7);1-4H2. The zero-order valence-corrected chi connectivity index (χ0v) is 6.22. The van der Waals surface area contributed by atoms with Crippen LogP contribution in [0.2, 0.25) is 0 Å². The van der Waals surface area contributed by atoms with Crippen molar-refractivity contribution in [1.29, 1.82) is 10.8 Å². The zero-order valence-electron chi connectivity index (χ0n) is 6.22. The van der Waals surface area contributed by atoms with Crippen molar-refractivity contribution in [2.24, 2.45) is 22.9 Å². The van der Waals surface area contributed by atoms with Gasteiger partial charge in [-0.2, -0.15) is 0 Å². The maximum Gasteiger partial charge on any atom is 0.192 e. The fourth-order valence-corrected chi connectivity index (χ4v) is 0.145. The second-order valence-electron chi connectivity index (χ2n) is 1.53. The molecule has 11 heavy (non-hydrogen) atoms. The Morgan fingerprint density at radius 1 is 1.00 bits per heavy atom. The quantitative estimate of drug-likeness (QED) is 0.163. The highest BCUT2D eigenvalue weighted by atomic mass is 15.1. The summed E-state index contributed by atoms with van der Waals surface area (Å²) in [6, 6.07) is 0. The predicted octanol–water partition coefficient (Wildman–Crippen LogP) is -2.73. The van der Waals surface area contributed by atoms with E-state index in [9.17, 15) is 0 Å². The van der Waals surface area contributed by atoms with E-state index in [0.717, 1.165) is 0 Å². The molecule has 11 N–H and O–H groups in total. The van der Waals surface area contributed by atoms with Crippen molar-refractivity contribution in [1.82, 2.24) is 5.32 Å². The number of hydrogen-bond acceptors (Lipinski definition) is 4. The maximum atomic E-state index is 6.47. The molecule has 0 aromatic rings. The summed E-state index contributed by atoms with van der Waals surface area (Å²) < 4.78 is 0. The Hall–Kier alpha value is -1.34. The van der Waals surface area contributed by atoms with Crippen molar-refractivity contribution < 1.29 is 0 Å². The van der Waals surface area contributed by atoms with E-state index < -0.39 is 0 Å². The summed E-state index contributed by atoms with van der Waals surface area (Å²) in [6.07, 6.45) is 0. The van der Waals surface area contributed by atoms with Crippen LogP contribution in [0.1, 0.15) is 0 Å². The normalized spacial score (nSPS) is 7.45. The molecule has 0 bridgehead atoms. The monoisotopic (exact) mass is 161 g/mol. The summed E-state index contributed by atoms with van der Waals surface area (Å²) >= 11 is 0. The first-order valence-electron chi connectivity index (χ1n) is 2.89. The highest BCUT2D eigenvalue weighted by Crippen LogP contribution is 1.44. The lowest BCUT2D eigenvalue weighted by Gasteiger charge is -1.95. The topological polar surface area (TPSA) is 164 Å². The van der Waals surface area contributed by atoms with Gasteiger partial charge in [0, 0.05) is 13.1 Å². The van der Waals surface area contributed by atoms with E-state index in [0.29, 0.717) is 13.1 Å². The minimum atomic E-state index is -0.312. The maximum absolute atomic E-state index is 6.47. The first kappa shape index (κ1) is 12.3. The van der Waals surface area contributed by atoms with Gasteiger partial charge in [-0.1, -0.05) is 0 Å². The molecular formula is C4H15N7. The predicted molar refractivity (Wildman–Crippen MR) is 45.1 cm³/mol. The van der Waals surface area contributed by atoms with Crippen LogP contribution in [0.25, 0.3) is 0 Å². The van der Waals surface area contributed by atoms with Crippen molar-refractivity contribution >= 4 is 11.9 Å². The number of nitrogens with two attached hydrogens (primary N) is 4. The second-order valence-corrected chi connectivity index (χ2v) is 1.53. The highest BCUT2D eigenvalue weighted by Gasteiger charge is 1.83. The van der Waals surface area contributed by atoms with Crippen molar-refractivity contribution in [3.8, 4) is 0 Å². The lowest BCUT2D eigenvalue weighted by Crippen LogP contribution is -2.39. The fourth-order valence-electron chi connectivity index (χ4n) is 0.145. The summed E-state index contributed by atoms with van der Waals surface area (Å²) in [6.45, 7) is 1.19. The smallest absolute Gasteiger partial charge is 0.192 e. The molecule has 0 aliphatic heterocycles. The van der Waals surface area contributed by atoms with Gasteiger partial charge in [-0.25, -0.2) is 0 Å². The molecule has 0 unspecified atom stereocenters. The third-order valence-electron chi connectivity index (χ3n) is 0.436. The van der Waals surface area contributed by atoms with Gasteiger partial charge < -0.3 is 22.9 Å². The molecule has 0 fully saturated rings. The largest absolute Gasteiger partial charge is 0.370 e. The number of guanidine groups is 2. The first-order chi connectivity index (χ1) is 5.04. The molecule has 0 heterocycles. The first-order valence-corrected chi connectivity index (χ1v) is 2.89. The molecular weight excluding hydrogens is 146 g/mol. The van der Waals surface area contributed by atoms with Crippen LogP contribution in [0.3, 0.4) is 0 Å². The van der Waals surface area contributed by atoms with Gasteiger partial charge in [-0.15, -0.1) is 0 Å². The molecule has 0 aliphatic carbocycles. The lowest BCUT2D eigenvalue weighted by atomic mass is 10.7. The molecule has 0 rings (SSSR count). The van der Waals surface area contributed by atoms with Gasteiger partial charge >= 0.3 is 0 Å². The number of hydrogen-bond donors (Lipinski definition) is 7. The molecule has 0 spiro atoms. The molecule has 0 atom stereocenters. The van der Waals surface area contributed by atoms with Crippen molar-refractivity contribution in [2.75, 3.05) is 13.1 Å². The molecule has 7 heteroatoms. The van der Waals surface area contributed by atoms with Crippen molar-refractivity contribution in [3.63, 3.8) is 0 Å². The van der Waals surface area contributed by atoms with Crippen molar-refractivity contribution in [2.45, 2.75) is 0 Å². The Labute approximate surface area is 65.1 Å². The molecule has 0 aromatic heterocycles. The van der Waals surface area contributed by atoms with Crippen LogP contribution in [-0.2, 0) is 0 Å². The van der Waals surface area contributed by atoms with Gasteiger partial charge in [-0.05, 0) is 0 Å². The van der Waals surface area contributed by atoms with Crippen LogP contribution < -0.4 is 28.3 Å². The van der Waals surface area contributed by atoms with Gasteiger partial charge in [0.25, 0.3) is 0 Å². The Balaban J connectivity index is 0. The molecule has 0 aromatic carbocycles. The van der Waals surface area contributed by atoms with E-state index in [-0.39, 0.29) is 11.9 Å². The number of rotatable bonds is 1. The van der Waals surface area contributed by atoms with Crippen LogP contribution >= 0.6 is 0 Å². The van der Waals surface area contributed by atoms with E-state index >= 15 is 0 Å². The van der Waals surface area contributed by atoms with E-state index in [1.807, 2.05) is 5.32 Å². The molecule has 0 saturated carbocycles. The lowest BCUT2D eigenvalue weighted by molar-refractivity contribution is 0.976. The van der Waals surface area contributed by atoms with E-state index in [2.05, 4.69) is 0 Å².